The molecule has 2 aromatic carbocycles. The summed E-state index contributed by atoms with van der Waals surface area (Å²) in [4.78, 5) is 2.67. The largest absolute Gasteiger partial charge is 0.493 e. The van der Waals surface area contributed by atoms with E-state index in [1.807, 2.05) is 0 Å². The Morgan fingerprint density at radius 2 is 1.64 bits per heavy atom. The first-order valence-electron chi connectivity index (χ1n) is 9.11. The minimum Gasteiger partial charge on any atom is -0.493 e. The summed E-state index contributed by atoms with van der Waals surface area (Å²) >= 11 is 0. The van der Waals surface area contributed by atoms with Gasteiger partial charge in [-0.3, -0.25) is 4.90 Å². The van der Waals surface area contributed by atoms with Gasteiger partial charge in [-0.05, 0) is 73.6 Å². The Bertz CT molecular complexity index is 827. The molecule has 0 bridgehead atoms. The molecule has 2 unspecified atom stereocenters. The van der Waals surface area contributed by atoms with Crippen LogP contribution in [0.5, 0.6) is 11.5 Å². The Morgan fingerprint density at radius 3 is 2.36 bits per heavy atom. The van der Waals surface area contributed by atoms with Gasteiger partial charge >= 0.3 is 0 Å². The molecule has 3 heteroatoms. The molecule has 3 nitrogen and oxygen atoms in total. The van der Waals surface area contributed by atoms with Crippen LogP contribution in [0.1, 0.15) is 46.3 Å². The lowest BCUT2D eigenvalue weighted by atomic mass is 9.80. The lowest BCUT2D eigenvalue weighted by Crippen LogP contribution is -2.45. The third-order valence-corrected chi connectivity index (χ3v) is 5.95. The number of benzene rings is 2. The van der Waals surface area contributed by atoms with Crippen molar-refractivity contribution in [2.45, 2.75) is 52.2 Å². The average Bonchev–Trinajstić information content (AvgIpc) is 2.59. The predicted octanol–water partition coefficient (Wildman–Crippen LogP) is 4.36. The van der Waals surface area contributed by atoms with Gasteiger partial charge in [0.2, 0.25) is 0 Å². The Kier molecular flexibility index (Phi) is 3.99. The molecule has 2 atom stereocenters. The molecule has 2 aromatic rings. The van der Waals surface area contributed by atoms with Crippen LogP contribution < -0.4 is 9.47 Å². The van der Waals surface area contributed by atoms with Crippen LogP contribution in [0.15, 0.2) is 24.3 Å². The first-order chi connectivity index (χ1) is 12.0. The Labute approximate surface area is 150 Å². The van der Waals surface area contributed by atoms with Crippen LogP contribution >= 0.6 is 0 Å². The summed E-state index contributed by atoms with van der Waals surface area (Å²) in [7, 11) is 3.43. The molecule has 2 aliphatic rings. The average molecular weight is 337 g/mol. The summed E-state index contributed by atoms with van der Waals surface area (Å²) in [6.07, 6.45) is 2.14. The van der Waals surface area contributed by atoms with E-state index >= 15 is 0 Å². The Hall–Kier alpha value is -2.00. The van der Waals surface area contributed by atoms with Gasteiger partial charge in [0.1, 0.15) is 0 Å². The standard InChI is InChI=1S/C22H27NO2/c1-13-6-14(2)19-12-23-15(3)8-17-10-21(24-4)22(25-5)11-18(17)20(23)9-16(19)7-13/h6-7,10-11,15,20H,8-9,12H2,1-5H3. The van der Waals surface area contributed by atoms with Crippen LogP contribution in [0.4, 0.5) is 0 Å². The van der Waals surface area contributed by atoms with Crippen molar-refractivity contribution in [2.24, 2.45) is 0 Å². The van der Waals surface area contributed by atoms with E-state index in [9.17, 15) is 0 Å². The van der Waals surface area contributed by atoms with E-state index in [0.29, 0.717) is 12.1 Å². The lowest BCUT2D eigenvalue weighted by molar-refractivity contribution is 0.105. The van der Waals surface area contributed by atoms with Gasteiger partial charge in [-0.15, -0.1) is 0 Å². The Morgan fingerprint density at radius 1 is 0.920 bits per heavy atom. The predicted molar refractivity (Wildman–Crippen MR) is 101 cm³/mol. The van der Waals surface area contributed by atoms with Crippen molar-refractivity contribution in [3.05, 3.63) is 57.6 Å². The first kappa shape index (κ1) is 16.5. The highest BCUT2D eigenvalue weighted by molar-refractivity contribution is 5.51. The highest BCUT2D eigenvalue weighted by Crippen LogP contribution is 2.44. The fraction of sp³-hybridized carbons (Fsp3) is 0.455. The van der Waals surface area contributed by atoms with Crippen molar-refractivity contribution in [3.63, 3.8) is 0 Å². The maximum atomic E-state index is 5.57. The van der Waals surface area contributed by atoms with Gasteiger partial charge in [-0.1, -0.05) is 17.7 Å². The molecule has 0 radical (unpaired) electrons. The molecular weight excluding hydrogens is 310 g/mol. The fourth-order valence-corrected chi connectivity index (χ4v) is 4.72. The van der Waals surface area contributed by atoms with Crippen molar-refractivity contribution in [1.29, 1.82) is 0 Å². The van der Waals surface area contributed by atoms with Crippen LogP contribution in [0.3, 0.4) is 0 Å². The molecule has 0 amide bonds. The maximum Gasteiger partial charge on any atom is 0.161 e. The molecule has 0 fully saturated rings. The minimum absolute atomic E-state index is 0.423. The van der Waals surface area contributed by atoms with E-state index in [0.717, 1.165) is 30.9 Å². The third kappa shape index (κ3) is 2.62. The van der Waals surface area contributed by atoms with E-state index in [-0.39, 0.29) is 0 Å². The summed E-state index contributed by atoms with van der Waals surface area (Å²) < 4.78 is 11.1. The number of rotatable bonds is 2. The quantitative estimate of drug-likeness (QED) is 0.812. The molecule has 0 saturated heterocycles. The van der Waals surface area contributed by atoms with Crippen molar-refractivity contribution in [3.8, 4) is 11.5 Å². The fourth-order valence-electron chi connectivity index (χ4n) is 4.72. The number of aryl methyl sites for hydroxylation is 2. The maximum absolute atomic E-state index is 5.57. The van der Waals surface area contributed by atoms with Crippen LogP contribution in [0, 0.1) is 13.8 Å². The van der Waals surface area contributed by atoms with Gasteiger partial charge in [0, 0.05) is 18.6 Å². The molecule has 132 valence electrons. The summed E-state index contributed by atoms with van der Waals surface area (Å²) in [6.45, 7) is 7.84. The second kappa shape index (κ2) is 6.06. The van der Waals surface area contributed by atoms with E-state index in [1.54, 1.807) is 14.2 Å². The minimum atomic E-state index is 0.423. The lowest BCUT2D eigenvalue weighted by Gasteiger charge is -2.46. The number of methoxy groups -OCH3 is 2. The molecule has 4 rings (SSSR count). The molecule has 0 spiro atoms. The second-order valence-corrected chi connectivity index (χ2v) is 7.57. The van der Waals surface area contributed by atoms with Crippen LogP contribution in [0.25, 0.3) is 0 Å². The zero-order valence-corrected chi connectivity index (χ0v) is 15.8. The normalized spacial score (nSPS) is 22.0. The Balaban J connectivity index is 1.82. The molecule has 0 N–H and O–H groups in total. The van der Waals surface area contributed by atoms with Gasteiger partial charge < -0.3 is 9.47 Å². The van der Waals surface area contributed by atoms with E-state index in [2.05, 4.69) is 49.9 Å². The third-order valence-electron chi connectivity index (χ3n) is 5.95. The van der Waals surface area contributed by atoms with Crippen molar-refractivity contribution >= 4 is 0 Å². The van der Waals surface area contributed by atoms with E-state index < -0.39 is 0 Å². The van der Waals surface area contributed by atoms with Gasteiger partial charge in [-0.2, -0.15) is 0 Å². The zero-order valence-electron chi connectivity index (χ0n) is 15.8. The van der Waals surface area contributed by atoms with Gasteiger partial charge in [-0.25, -0.2) is 0 Å². The summed E-state index contributed by atoms with van der Waals surface area (Å²) in [6, 6.07) is 10.0. The number of nitrogens with zero attached hydrogens (tertiary/aromatic N) is 1. The van der Waals surface area contributed by atoms with Crippen LogP contribution in [0.2, 0.25) is 0 Å². The smallest absolute Gasteiger partial charge is 0.161 e. The molecule has 2 aliphatic heterocycles. The van der Waals surface area contributed by atoms with Crippen molar-refractivity contribution in [2.75, 3.05) is 14.2 Å². The molecule has 25 heavy (non-hydrogen) atoms. The SMILES string of the molecule is COc1cc2c(cc1OC)C1Cc3cc(C)cc(C)c3CN1C(C)C2. The highest BCUT2D eigenvalue weighted by atomic mass is 16.5. The first-order valence-corrected chi connectivity index (χ1v) is 9.11. The van der Waals surface area contributed by atoms with Crippen LogP contribution in [-0.4, -0.2) is 25.2 Å². The molecule has 0 aromatic heterocycles. The number of hydrogen-bond acceptors (Lipinski definition) is 3. The van der Waals surface area contributed by atoms with Crippen molar-refractivity contribution < 1.29 is 9.47 Å². The number of hydrogen-bond donors (Lipinski definition) is 0. The van der Waals surface area contributed by atoms with Gasteiger partial charge in [0.25, 0.3) is 0 Å². The van der Waals surface area contributed by atoms with Crippen molar-refractivity contribution in [1.82, 2.24) is 4.90 Å². The van der Waals surface area contributed by atoms with E-state index in [4.69, 9.17) is 9.47 Å². The van der Waals surface area contributed by atoms with Gasteiger partial charge in [0.05, 0.1) is 14.2 Å². The molecular formula is C22H27NO2. The summed E-state index contributed by atoms with van der Waals surface area (Å²) in [5, 5.41) is 0. The number of fused-ring (bicyclic) bond motifs is 4. The monoisotopic (exact) mass is 337 g/mol. The van der Waals surface area contributed by atoms with E-state index in [1.165, 1.54) is 33.4 Å². The van der Waals surface area contributed by atoms with Gasteiger partial charge in [0.15, 0.2) is 11.5 Å². The summed E-state index contributed by atoms with van der Waals surface area (Å²) in [5.74, 6) is 1.67. The molecule has 0 aliphatic carbocycles. The van der Waals surface area contributed by atoms with Crippen LogP contribution in [-0.2, 0) is 19.4 Å². The molecule has 0 saturated carbocycles. The topological polar surface area (TPSA) is 21.7 Å². The molecule has 2 heterocycles. The second-order valence-electron chi connectivity index (χ2n) is 7.57. The summed E-state index contributed by atoms with van der Waals surface area (Å²) in [5.41, 5.74) is 8.63. The zero-order chi connectivity index (χ0) is 17.7. The highest BCUT2D eigenvalue weighted by Gasteiger charge is 2.37. The number of ether oxygens (including phenoxy) is 2.